The Kier molecular flexibility index (Phi) is 6.90. The lowest BCUT2D eigenvalue weighted by atomic mass is 10.2. The fraction of sp³-hybridized carbons (Fsp3) is 0.500. The van der Waals surface area contributed by atoms with E-state index in [1.165, 1.54) is 11.8 Å². The van der Waals surface area contributed by atoms with E-state index in [-0.39, 0.29) is 18.0 Å². The van der Waals surface area contributed by atoms with Gasteiger partial charge >= 0.3 is 0 Å². The Morgan fingerprint density at radius 2 is 1.76 bits per heavy atom. The molecule has 0 bridgehead atoms. The molecule has 0 unspecified atom stereocenters. The molecule has 136 valence electrons. The Bertz CT molecular complexity index is 704. The summed E-state index contributed by atoms with van der Waals surface area (Å²) >= 11 is 7.39. The molecule has 0 aliphatic carbocycles. The number of aromatic nitrogens is 3. The third-order valence-electron chi connectivity index (χ3n) is 3.86. The van der Waals surface area contributed by atoms with E-state index in [1.54, 1.807) is 0 Å². The molecule has 0 saturated heterocycles. The summed E-state index contributed by atoms with van der Waals surface area (Å²) in [5.41, 5.74) is 0.961. The molecule has 7 heteroatoms. The second kappa shape index (κ2) is 8.72. The second-order valence-electron chi connectivity index (χ2n) is 6.33. The molecule has 1 aromatic heterocycles. The van der Waals surface area contributed by atoms with Crippen LogP contribution in [-0.2, 0) is 11.3 Å². The number of carbonyl (C=O) groups is 1. The zero-order chi connectivity index (χ0) is 18.6. The maximum atomic E-state index is 12.5. The molecule has 0 aliphatic heterocycles. The Labute approximate surface area is 158 Å². The molecule has 25 heavy (non-hydrogen) atoms. The number of hydrogen-bond donors (Lipinski definition) is 0. The molecule has 0 saturated carbocycles. The lowest BCUT2D eigenvalue weighted by Crippen LogP contribution is -2.43. The molecule has 0 aliphatic rings. The van der Waals surface area contributed by atoms with Gasteiger partial charge in [0.25, 0.3) is 0 Å². The van der Waals surface area contributed by atoms with E-state index in [9.17, 15) is 4.79 Å². The van der Waals surface area contributed by atoms with Crippen LogP contribution in [0.2, 0.25) is 5.02 Å². The van der Waals surface area contributed by atoms with Crippen molar-refractivity contribution in [1.29, 1.82) is 0 Å². The average molecular weight is 381 g/mol. The van der Waals surface area contributed by atoms with Crippen molar-refractivity contribution in [3.63, 3.8) is 0 Å². The highest BCUT2D eigenvalue weighted by atomic mass is 35.5. The molecule has 0 spiro atoms. The lowest BCUT2D eigenvalue weighted by Gasteiger charge is -2.30. The highest BCUT2D eigenvalue weighted by Crippen LogP contribution is 2.25. The van der Waals surface area contributed by atoms with E-state index in [0.29, 0.717) is 10.8 Å². The van der Waals surface area contributed by atoms with Gasteiger partial charge in [-0.05, 0) is 58.9 Å². The van der Waals surface area contributed by atoms with Crippen LogP contribution in [0.25, 0.3) is 11.4 Å². The highest BCUT2D eigenvalue weighted by molar-refractivity contribution is 7.99. The van der Waals surface area contributed by atoms with Crippen molar-refractivity contribution in [2.24, 2.45) is 0 Å². The van der Waals surface area contributed by atoms with Crippen molar-refractivity contribution < 1.29 is 4.79 Å². The van der Waals surface area contributed by atoms with Gasteiger partial charge in [-0.2, -0.15) is 0 Å². The van der Waals surface area contributed by atoms with Gasteiger partial charge < -0.3 is 9.47 Å². The van der Waals surface area contributed by atoms with Crippen molar-refractivity contribution in [3.8, 4) is 11.4 Å². The molecule has 1 heterocycles. The van der Waals surface area contributed by atoms with Crippen LogP contribution in [0.1, 0.15) is 34.6 Å². The SMILES string of the molecule is CCn1c(SCC(=O)N(C(C)C)C(C)C)nnc1-c1ccc(Cl)cc1. The summed E-state index contributed by atoms with van der Waals surface area (Å²) in [6, 6.07) is 7.90. The van der Waals surface area contributed by atoms with E-state index in [0.717, 1.165) is 23.1 Å². The van der Waals surface area contributed by atoms with Gasteiger partial charge in [0.05, 0.1) is 5.75 Å². The van der Waals surface area contributed by atoms with Gasteiger partial charge in [-0.3, -0.25) is 4.79 Å². The number of benzene rings is 1. The quantitative estimate of drug-likeness (QED) is 0.670. The maximum Gasteiger partial charge on any atom is 0.233 e. The second-order valence-corrected chi connectivity index (χ2v) is 7.71. The minimum Gasteiger partial charge on any atom is -0.337 e. The Hall–Kier alpha value is -1.53. The van der Waals surface area contributed by atoms with Crippen molar-refractivity contribution in [1.82, 2.24) is 19.7 Å². The number of nitrogens with zero attached hydrogens (tertiary/aromatic N) is 4. The standard InChI is InChI=1S/C18H25ClN4OS/c1-6-22-17(14-7-9-15(19)10-8-14)20-21-18(22)25-11-16(24)23(12(2)3)13(4)5/h7-10,12-13H,6,11H2,1-5H3. The molecule has 1 aromatic carbocycles. The zero-order valence-electron chi connectivity index (χ0n) is 15.4. The monoisotopic (exact) mass is 380 g/mol. The fourth-order valence-corrected chi connectivity index (χ4v) is 3.86. The minimum absolute atomic E-state index is 0.119. The molecule has 0 atom stereocenters. The molecule has 2 aromatic rings. The minimum atomic E-state index is 0.119. The van der Waals surface area contributed by atoms with E-state index in [1.807, 2.05) is 68.4 Å². The van der Waals surface area contributed by atoms with Crippen LogP contribution in [0.15, 0.2) is 29.4 Å². The predicted octanol–water partition coefficient (Wildman–Crippen LogP) is 4.36. The summed E-state index contributed by atoms with van der Waals surface area (Å²) in [5, 5.41) is 10.0. The number of amides is 1. The van der Waals surface area contributed by atoms with E-state index in [4.69, 9.17) is 11.6 Å². The van der Waals surface area contributed by atoms with Crippen LogP contribution in [0.4, 0.5) is 0 Å². The van der Waals surface area contributed by atoms with Gasteiger partial charge in [-0.15, -0.1) is 10.2 Å². The molecular weight excluding hydrogens is 356 g/mol. The maximum absolute atomic E-state index is 12.5. The Morgan fingerprint density at radius 3 is 2.28 bits per heavy atom. The molecule has 0 radical (unpaired) electrons. The predicted molar refractivity (Wildman–Crippen MR) is 104 cm³/mol. The summed E-state index contributed by atoms with van der Waals surface area (Å²) in [7, 11) is 0. The Morgan fingerprint density at radius 1 is 1.16 bits per heavy atom. The summed E-state index contributed by atoms with van der Waals surface area (Å²) < 4.78 is 2.02. The van der Waals surface area contributed by atoms with Crippen molar-refractivity contribution in [2.75, 3.05) is 5.75 Å². The first kappa shape index (κ1) is 19.8. The summed E-state index contributed by atoms with van der Waals surface area (Å²) in [5.74, 6) is 1.27. The molecule has 2 rings (SSSR count). The van der Waals surface area contributed by atoms with Crippen molar-refractivity contribution in [3.05, 3.63) is 29.3 Å². The van der Waals surface area contributed by atoms with Gasteiger partial charge in [0.1, 0.15) is 0 Å². The normalized spacial score (nSPS) is 11.4. The molecule has 1 amide bonds. The first-order chi connectivity index (χ1) is 11.8. The third-order valence-corrected chi connectivity index (χ3v) is 5.06. The van der Waals surface area contributed by atoms with Crippen LogP contribution in [0, 0.1) is 0 Å². The smallest absolute Gasteiger partial charge is 0.233 e. The first-order valence-corrected chi connectivity index (χ1v) is 9.84. The van der Waals surface area contributed by atoms with E-state index in [2.05, 4.69) is 10.2 Å². The van der Waals surface area contributed by atoms with Crippen molar-refractivity contribution >= 4 is 29.3 Å². The van der Waals surface area contributed by atoms with Crippen LogP contribution in [-0.4, -0.2) is 43.4 Å². The highest BCUT2D eigenvalue weighted by Gasteiger charge is 2.21. The molecule has 0 N–H and O–H groups in total. The van der Waals surface area contributed by atoms with Crippen LogP contribution >= 0.6 is 23.4 Å². The fourth-order valence-electron chi connectivity index (χ4n) is 2.87. The topological polar surface area (TPSA) is 51.0 Å². The van der Waals surface area contributed by atoms with Gasteiger partial charge in [-0.25, -0.2) is 0 Å². The molecule has 5 nitrogen and oxygen atoms in total. The number of rotatable bonds is 7. The lowest BCUT2D eigenvalue weighted by molar-refractivity contribution is -0.131. The third kappa shape index (κ3) is 4.76. The van der Waals surface area contributed by atoms with E-state index < -0.39 is 0 Å². The van der Waals surface area contributed by atoms with Crippen molar-refractivity contribution in [2.45, 2.75) is 58.4 Å². The van der Waals surface area contributed by atoms with Gasteiger partial charge in [0.15, 0.2) is 11.0 Å². The number of thioether (sulfide) groups is 1. The van der Waals surface area contributed by atoms with Crippen LogP contribution in [0.3, 0.4) is 0 Å². The molecule has 0 fully saturated rings. The van der Waals surface area contributed by atoms with Gasteiger partial charge in [0.2, 0.25) is 5.91 Å². The summed E-state index contributed by atoms with van der Waals surface area (Å²) in [6.45, 7) is 10.9. The van der Waals surface area contributed by atoms with Gasteiger partial charge in [-0.1, -0.05) is 23.4 Å². The van der Waals surface area contributed by atoms with Crippen LogP contribution in [0.5, 0.6) is 0 Å². The van der Waals surface area contributed by atoms with E-state index >= 15 is 0 Å². The number of hydrogen-bond acceptors (Lipinski definition) is 4. The zero-order valence-corrected chi connectivity index (χ0v) is 16.9. The Balaban J connectivity index is 2.16. The van der Waals surface area contributed by atoms with Crippen LogP contribution < -0.4 is 0 Å². The average Bonchev–Trinajstić information content (AvgIpc) is 2.95. The van der Waals surface area contributed by atoms with Gasteiger partial charge in [0, 0.05) is 29.2 Å². The summed E-state index contributed by atoms with van der Waals surface area (Å²) in [4.78, 5) is 14.4. The first-order valence-electron chi connectivity index (χ1n) is 8.48. The molecular formula is C18H25ClN4OS. The number of halogens is 1. The summed E-state index contributed by atoms with van der Waals surface area (Å²) in [6.07, 6.45) is 0. The largest absolute Gasteiger partial charge is 0.337 e. The number of carbonyl (C=O) groups excluding carboxylic acids is 1.